The molecule has 2 rings (SSSR count). The van der Waals surface area contributed by atoms with Gasteiger partial charge in [-0.25, -0.2) is 0 Å². The van der Waals surface area contributed by atoms with Gasteiger partial charge in [-0.15, -0.1) is 0 Å². The van der Waals surface area contributed by atoms with Gasteiger partial charge in [-0.2, -0.15) is 0 Å². The molecule has 2 aliphatic rings. The fraction of sp³-hybridized carbons (Fsp3) is 0.556. The highest BCUT2D eigenvalue weighted by Crippen LogP contribution is 2.17. The lowest BCUT2D eigenvalue weighted by atomic mass is 10.0. The Morgan fingerprint density at radius 2 is 2.10 bits per heavy atom. The lowest BCUT2D eigenvalue weighted by molar-refractivity contribution is 0.238. The summed E-state index contributed by atoms with van der Waals surface area (Å²) in [7, 11) is 0. The van der Waals surface area contributed by atoms with E-state index < -0.39 is 0 Å². The molecule has 0 N–H and O–H groups in total. The normalized spacial score (nSPS) is 32.2. The van der Waals surface area contributed by atoms with E-state index in [-0.39, 0.29) is 0 Å². The van der Waals surface area contributed by atoms with E-state index in [9.17, 15) is 0 Å². The van der Waals surface area contributed by atoms with Crippen LogP contribution in [-0.2, 0) is 0 Å². The third-order valence-corrected chi connectivity index (χ3v) is 2.29. The van der Waals surface area contributed by atoms with E-state index in [1.54, 1.807) is 0 Å². The SMILES string of the molecule is C1=CCN(C2C=CC2)CC1. The second kappa shape index (κ2) is 2.59. The molecular formula is C9H13N. The maximum absolute atomic E-state index is 2.53. The summed E-state index contributed by atoms with van der Waals surface area (Å²) in [6, 6.07) is 0.768. The summed E-state index contributed by atoms with van der Waals surface area (Å²) in [4.78, 5) is 2.53. The predicted octanol–water partition coefficient (Wildman–Crippen LogP) is 1.58. The van der Waals surface area contributed by atoms with Gasteiger partial charge >= 0.3 is 0 Å². The van der Waals surface area contributed by atoms with Crippen LogP contribution < -0.4 is 0 Å². The molecule has 0 bridgehead atoms. The fourth-order valence-electron chi connectivity index (χ4n) is 1.49. The summed E-state index contributed by atoms with van der Waals surface area (Å²) >= 11 is 0. The van der Waals surface area contributed by atoms with Crippen molar-refractivity contribution in [2.24, 2.45) is 0 Å². The van der Waals surface area contributed by atoms with Gasteiger partial charge in [-0.3, -0.25) is 4.90 Å². The van der Waals surface area contributed by atoms with Gasteiger partial charge in [0.2, 0.25) is 0 Å². The molecule has 0 fully saturated rings. The minimum Gasteiger partial charge on any atom is -0.293 e. The Bertz CT molecular complexity index is 170. The highest BCUT2D eigenvalue weighted by molar-refractivity contribution is 5.10. The smallest absolute Gasteiger partial charge is 0.0316 e. The van der Waals surface area contributed by atoms with Gasteiger partial charge in [-0.1, -0.05) is 24.3 Å². The van der Waals surface area contributed by atoms with E-state index >= 15 is 0 Å². The molecule has 0 saturated carbocycles. The zero-order chi connectivity index (χ0) is 6.81. The first-order chi connectivity index (χ1) is 4.97. The van der Waals surface area contributed by atoms with Gasteiger partial charge in [0.25, 0.3) is 0 Å². The Hall–Kier alpha value is -0.560. The van der Waals surface area contributed by atoms with Crippen molar-refractivity contribution in [3.8, 4) is 0 Å². The van der Waals surface area contributed by atoms with Crippen LogP contribution >= 0.6 is 0 Å². The average molecular weight is 135 g/mol. The topological polar surface area (TPSA) is 3.24 Å². The van der Waals surface area contributed by atoms with Crippen molar-refractivity contribution in [2.45, 2.75) is 18.9 Å². The van der Waals surface area contributed by atoms with Crippen LogP contribution in [0.1, 0.15) is 12.8 Å². The molecule has 10 heavy (non-hydrogen) atoms. The fourth-order valence-corrected chi connectivity index (χ4v) is 1.49. The van der Waals surface area contributed by atoms with Gasteiger partial charge in [0.05, 0.1) is 0 Å². The Kier molecular flexibility index (Phi) is 1.60. The number of nitrogens with zero attached hydrogens (tertiary/aromatic N) is 1. The molecule has 0 saturated heterocycles. The molecule has 1 aliphatic heterocycles. The van der Waals surface area contributed by atoms with E-state index in [4.69, 9.17) is 0 Å². The lowest BCUT2D eigenvalue weighted by Gasteiger charge is -2.33. The van der Waals surface area contributed by atoms with E-state index in [1.807, 2.05) is 0 Å². The first-order valence-electron chi connectivity index (χ1n) is 4.02. The van der Waals surface area contributed by atoms with Crippen molar-refractivity contribution >= 4 is 0 Å². The molecule has 1 aliphatic carbocycles. The Morgan fingerprint density at radius 3 is 2.60 bits per heavy atom. The molecule has 0 aromatic heterocycles. The van der Waals surface area contributed by atoms with Crippen LogP contribution in [0.5, 0.6) is 0 Å². The van der Waals surface area contributed by atoms with Crippen LogP contribution in [0, 0.1) is 0 Å². The lowest BCUT2D eigenvalue weighted by Crippen LogP contribution is -2.38. The third-order valence-electron chi connectivity index (χ3n) is 2.29. The Balaban J connectivity index is 1.92. The van der Waals surface area contributed by atoms with Gasteiger partial charge in [0.1, 0.15) is 0 Å². The van der Waals surface area contributed by atoms with Gasteiger partial charge in [-0.05, 0) is 12.8 Å². The van der Waals surface area contributed by atoms with Crippen LogP contribution in [0.2, 0.25) is 0 Å². The molecule has 1 heterocycles. The standard InChI is InChI=1S/C9H13N/c1-2-7-10(8-3-1)9-5-4-6-9/h1-2,4-5,9H,3,6-8H2. The first-order valence-corrected chi connectivity index (χ1v) is 4.02. The molecule has 1 atom stereocenters. The summed E-state index contributed by atoms with van der Waals surface area (Å²) in [5, 5.41) is 0. The van der Waals surface area contributed by atoms with Crippen LogP contribution in [0.4, 0.5) is 0 Å². The minimum absolute atomic E-state index is 0.768. The molecule has 0 spiro atoms. The molecule has 0 radical (unpaired) electrons. The summed E-state index contributed by atoms with van der Waals surface area (Å²) in [5.41, 5.74) is 0. The van der Waals surface area contributed by atoms with E-state index in [0.717, 1.165) is 12.6 Å². The van der Waals surface area contributed by atoms with Gasteiger partial charge in [0, 0.05) is 19.1 Å². The highest BCUT2D eigenvalue weighted by Gasteiger charge is 2.18. The Morgan fingerprint density at radius 1 is 1.20 bits per heavy atom. The molecule has 54 valence electrons. The van der Waals surface area contributed by atoms with Crippen molar-refractivity contribution < 1.29 is 0 Å². The van der Waals surface area contributed by atoms with Crippen molar-refractivity contribution in [3.05, 3.63) is 24.3 Å². The molecule has 1 unspecified atom stereocenters. The summed E-state index contributed by atoms with van der Waals surface area (Å²) in [5.74, 6) is 0. The van der Waals surface area contributed by atoms with E-state index in [2.05, 4.69) is 29.2 Å². The third kappa shape index (κ3) is 1.01. The summed E-state index contributed by atoms with van der Waals surface area (Å²) < 4.78 is 0. The monoisotopic (exact) mass is 135 g/mol. The number of hydrogen-bond donors (Lipinski definition) is 0. The number of hydrogen-bond acceptors (Lipinski definition) is 1. The van der Waals surface area contributed by atoms with Crippen LogP contribution in [0.25, 0.3) is 0 Å². The van der Waals surface area contributed by atoms with Crippen molar-refractivity contribution in [3.63, 3.8) is 0 Å². The molecule has 0 aromatic carbocycles. The first kappa shape index (κ1) is 6.17. The van der Waals surface area contributed by atoms with Crippen LogP contribution in [0.3, 0.4) is 0 Å². The zero-order valence-corrected chi connectivity index (χ0v) is 6.16. The second-order valence-corrected chi connectivity index (χ2v) is 2.99. The van der Waals surface area contributed by atoms with E-state index in [1.165, 1.54) is 19.4 Å². The molecule has 0 aromatic rings. The predicted molar refractivity (Wildman–Crippen MR) is 42.9 cm³/mol. The number of rotatable bonds is 1. The van der Waals surface area contributed by atoms with E-state index in [0.29, 0.717) is 0 Å². The van der Waals surface area contributed by atoms with Crippen molar-refractivity contribution in [1.82, 2.24) is 4.90 Å². The molecule has 0 amide bonds. The highest BCUT2D eigenvalue weighted by atomic mass is 15.2. The van der Waals surface area contributed by atoms with Gasteiger partial charge in [0.15, 0.2) is 0 Å². The summed E-state index contributed by atoms with van der Waals surface area (Å²) in [6.07, 6.45) is 11.6. The van der Waals surface area contributed by atoms with Gasteiger partial charge < -0.3 is 0 Å². The maximum atomic E-state index is 2.53. The van der Waals surface area contributed by atoms with Crippen molar-refractivity contribution in [1.29, 1.82) is 0 Å². The maximum Gasteiger partial charge on any atom is 0.0316 e. The van der Waals surface area contributed by atoms with Crippen molar-refractivity contribution in [2.75, 3.05) is 13.1 Å². The van der Waals surface area contributed by atoms with Crippen LogP contribution in [-0.4, -0.2) is 24.0 Å². The second-order valence-electron chi connectivity index (χ2n) is 2.99. The molecule has 1 nitrogen and oxygen atoms in total. The quantitative estimate of drug-likeness (QED) is 0.493. The zero-order valence-electron chi connectivity index (χ0n) is 6.16. The molecule has 1 heteroatoms. The largest absolute Gasteiger partial charge is 0.293 e. The summed E-state index contributed by atoms with van der Waals surface area (Å²) in [6.45, 7) is 2.42. The minimum atomic E-state index is 0.768. The molecular weight excluding hydrogens is 122 g/mol. The van der Waals surface area contributed by atoms with Crippen LogP contribution in [0.15, 0.2) is 24.3 Å². The Labute approximate surface area is 62.0 Å². The average Bonchev–Trinajstić information content (AvgIpc) is 1.86.